The molecule has 1 atom stereocenters. The Hall–Kier alpha value is -1.07. The fourth-order valence-corrected chi connectivity index (χ4v) is 2.20. The molecule has 1 aliphatic rings. The van der Waals surface area contributed by atoms with Gasteiger partial charge in [-0.25, -0.2) is 4.79 Å². The minimum Gasteiger partial charge on any atom is -0.376 e. The van der Waals surface area contributed by atoms with Crippen molar-refractivity contribution in [1.29, 1.82) is 0 Å². The van der Waals surface area contributed by atoms with Crippen LogP contribution in [0.2, 0.25) is 5.15 Å². The minimum atomic E-state index is -0.392. The van der Waals surface area contributed by atoms with Gasteiger partial charge in [0.25, 0.3) is 5.56 Å². The van der Waals surface area contributed by atoms with E-state index in [0.717, 1.165) is 30.4 Å². The summed E-state index contributed by atoms with van der Waals surface area (Å²) in [6, 6.07) is 1.26. The Bertz CT molecular complexity index is 514. The average Bonchev–Trinajstić information content (AvgIpc) is 2.33. The Kier molecular flexibility index (Phi) is 3.69. The lowest BCUT2D eigenvalue weighted by atomic mass is 10.1. The lowest BCUT2D eigenvalue weighted by Crippen LogP contribution is -2.40. The molecule has 2 rings (SSSR count). The third-order valence-corrected chi connectivity index (χ3v) is 3.32. The van der Waals surface area contributed by atoms with E-state index in [1.807, 2.05) is 0 Å². The Morgan fingerprint density at radius 3 is 2.88 bits per heavy atom. The largest absolute Gasteiger partial charge is 0.376 e. The van der Waals surface area contributed by atoms with E-state index < -0.39 is 5.69 Å². The van der Waals surface area contributed by atoms with Crippen LogP contribution in [-0.4, -0.2) is 21.8 Å². The van der Waals surface area contributed by atoms with E-state index in [9.17, 15) is 9.59 Å². The highest BCUT2D eigenvalue weighted by atomic mass is 35.5. The normalized spacial score (nSPS) is 20.5. The maximum Gasteiger partial charge on any atom is 0.331 e. The van der Waals surface area contributed by atoms with Crippen molar-refractivity contribution in [2.45, 2.75) is 31.9 Å². The lowest BCUT2D eigenvalue weighted by molar-refractivity contribution is 0.00506. The molecule has 1 aromatic rings. The monoisotopic (exact) mass is 258 g/mol. The molecule has 94 valence electrons. The van der Waals surface area contributed by atoms with E-state index in [-0.39, 0.29) is 16.8 Å². The molecule has 0 aromatic carbocycles. The number of hydrogen-bond acceptors (Lipinski definition) is 3. The molecule has 1 saturated heterocycles. The Morgan fingerprint density at radius 2 is 2.24 bits per heavy atom. The van der Waals surface area contributed by atoms with Gasteiger partial charge in [0.1, 0.15) is 5.15 Å². The summed E-state index contributed by atoms with van der Waals surface area (Å²) in [4.78, 5) is 23.2. The third-order valence-electron chi connectivity index (χ3n) is 3.01. The number of rotatable bonds is 2. The molecule has 0 bridgehead atoms. The van der Waals surface area contributed by atoms with Gasteiger partial charge in [-0.15, -0.1) is 0 Å². The standard InChI is InChI=1S/C11H15ClN2O3/c1-13-10(15)6-9(12)14(11(13)16)7-8-4-2-3-5-17-8/h6,8H,2-5,7H2,1H3/t8-/m1/s1. The van der Waals surface area contributed by atoms with E-state index in [1.54, 1.807) is 0 Å². The molecule has 0 aliphatic carbocycles. The molecule has 0 radical (unpaired) electrons. The summed E-state index contributed by atoms with van der Waals surface area (Å²) in [5.74, 6) is 0. The quantitative estimate of drug-likeness (QED) is 0.737. The molecule has 1 aliphatic heterocycles. The predicted molar refractivity (Wildman–Crippen MR) is 64.5 cm³/mol. The number of aromatic nitrogens is 2. The van der Waals surface area contributed by atoms with Crippen LogP contribution in [0, 0.1) is 0 Å². The maximum absolute atomic E-state index is 11.9. The van der Waals surface area contributed by atoms with Gasteiger partial charge < -0.3 is 4.74 Å². The van der Waals surface area contributed by atoms with E-state index >= 15 is 0 Å². The average molecular weight is 259 g/mol. The van der Waals surface area contributed by atoms with Crippen molar-refractivity contribution in [3.63, 3.8) is 0 Å². The highest BCUT2D eigenvalue weighted by Crippen LogP contribution is 2.15. The van der Waals surface area contributed by atoms with Gasteiger partial charge >= 0.3 is 5.69 Å². The van der Waals surface area contributed by atoms with E-state index in [4.69, 9.17) is 16.3 Å². The molecule has 0 spiro atoms. The van der Waals surface area contributed by atoms with Gasteiger partial charge in [0.2, 0.25) is 0 Å². The highest BCUT2D eigenvalue weighted by Gasteiger charge is 2.17. The van der Waals surface area contributed by atoms with Gasteiger partial charge in [-0.05, 0) is 19.3 Å². The van der Waals surface area contributed by atoms with Crippen LogP contribution < -0.4 is 11.2 Å². The van der Waals surface area contributed by atoms with Crippen molar-refractivity contribution in [1.82, 2.24) is 9.13 Å². The summed E-state index contributed by atoms with van der Waals surface area (Å²) in [7, 11) is 1.44. The van der Waals surface area contributed by atoms with Gasteiger partial charge in [-0.2, -0.15) is 0 Å². The Balaban J connectivity index is 2.29. The lowest BCUT2D eigenvalue weighted by Gasteiger charge is -2.23. The van der Waals surface area contributed by atoms with Gasteiger partial charge in [0, 0.05) is 19.7 Å². The second kappa shape index (κ2) is 5.06. The van der Waals surface area contributed by atoms with Crippen LogP contribution in [-0.2, 0) is 18.3 Å². The molecule has 5 nitrogen and oxygen atoms in total. The Labute approximate surface area is 104 Å². The van der Waals surface area contributed by atoms with Crippen molar-refractivity contribution < 1.29 is 4.74 Å². The first kappa shape index (κ1) is 12.4. The Morgan fingerprint density at radius 1 is 1.47 bits per heavy atom. The van der Waals surface area contributed by atoms with Crippen molar-refractivity contribution in [3.05, 3.63) is 32.1 Å². The second-order valence-electron chi connectivity index (χ2n) is 4.25. The van der Waals surface area contributed by atoms with Crippen LogP contribution in [0.1, 0.15) is 19.3 Å². The molecule has 0 amide bonds. The zero-order valence-corrected chi connectivity index (χ0v) is 10.4. The summed E-state index contributed by atoms with van der Waals surface area (Å²) in [6.07, 6.45) is 3.09. The topological polar surface area (TPSA) is 53.2 Å². The summed E-state index contributed by atoms with van der Waals surface area (Å²) in [5, 5.41) is 0.173. The molecule has 0 N–H and O–H groups in total. The van der Waals surface area contributed by atoms with Gasteiger partial charge in [0.15, 0.2) is 0 Å². The van der Waals surface area contributed by atoms with Crippen molar-refractivity contribution in [2.75, 3.05) is 6.61 Å². The van der Waals surface area contributed by atoms with Gasteiger partial charge in [0.05, 0.1) is 12.6 Å². The third kappa shape index (κ3) is 2.61. The molecular formula is C11H15ClN2O3. The number of ether oxygens (including phenoxy) is 1. The number of nitrogens with zero attached hydrogens (tertiary/aromatic N) is 2. The predicted octanol–water partition coefficient (Wildman–Crippen LogP) is 0.769. The zero-order valence-electron chi connectivity index (χ0n) is 9.69. The summed E-state index contributed by atoms with van der Waals surface area (Å²) in [5.41, 5.74) is -0.780. The summed E-state index contributed by atoms with van der Waals surface area (Å²) < 4.78 is 7.99. The number of hydrogen-bond donors (Lipinski definition) is 0. The number of halogens is 1. The fraction of sp³-hybridized carbons (Fsp3) is 0.636. The van der Waals surface area contributed by atoms with Crippen molar-refractivity contribution in [3.8, 4) is 0 Å². The van der Waals surface area contributed by atoms with Crippen molar-refractivity contribution >= 4 is 11.6 Å². The summed E-state index contributed by atoms with van der Waals surface area (Å²) in [6.45, 7) is 1.13. The maximum atomic E-state index is 11.9. The highest BCUT2D eigenvalue weighted by molar-refractivity contribution is 6.29. The van der Waals surface area contributed by atoms with Crippen LogP contribution in [0.25, 0.3) is 0 Å². The van der Waals surface area contributed by atoms with Gasteiger partial charge in [-0.1, -0.05) is 11.6 Å². The van der Waals surface area contributed by atoms with Crippen LogP contribution in [0.5, 0.6) is 0 Å². The first-order valence-electron chi connectivity index (χ1n) is 5.67. The minimum absolute atomic E-state index is 0.0106. The van der Waals surface area contributed by atoms with Crippen molar-refractivity contribution in [2.24, 2.45) is 7.05 Å². The molecule has 1 fully saturated rings. The van der Waals surface area contributed by atoms with Crippen LogP contribution >= 0.6 is 11.6 Å². The zero-order chi connectivity index (χ0) is 12.4. The first-order chi connectivity index (χ1) is 8.09. The van der Waals surface area contributed by atoms with E-state index in [1.165, 1.54) is 17.7 Å². The van der Waals surface area contributed by atoms with Crippen LogP contribution in [0.15, 0.2) is 15.7 Å². The molecule has 1 aromatic heterocycles. The van der Waals surface area contributed by atoms with Crippen LogP contribution in [0.3, 0.4) is 0 Å². The summed E-state index contributed by atoms with van der Waals surface area (Å²) >= 11 is 5.92. The SMILES string of the molecule is Cn1c(=O)cc(Cl)n(C[C@H]2CCCCO2)c1=O. The molecule has 0 unspecified atom stereocenters. The van der Waals surface area contributed by atoms with E-state index in [0.29, 0.717) is 6.54 Å². The van der Waals surface area contributed by atoms with Gasteiger partial charge in [-0.3, -0.25) is 13.9 Å². The smallest absolute Gasteiger partial charge is 0.331 e. The first-order valence-corrected chi connectivity index (χ1v) is 6.05. The van der Waals surface area contributed by atoms with Crippen LogP contribution in [0.4, 0.5) is 0 Å². The molecule has 2 heterocycles. The van der Waals surface area contributed by atoms with E-state index in [2.05, 4.69) is 0 Å². The molecular weight excluding hydrogens is 244 g/mol. The molecule has 6 heteroatoms. The fourth-order valence-electron chi connectivity index (χ4n) is 1.96. The second-order valence-corrected chi connectivity index (χ2v) is 4.63. The molecule has 0 saturated carbocycles. The molecule has 17 heavy (non-hydrogen) atoms.